The Morgan fingerprint density at radius 3 is 2.37 bits per heavy atom. The predicted octanol–water partition coefficient (Wildman–Crippen LogP) is 2.86. The van der Waals surface area contributed by atoms with E-state index in [9.17, 15) is 9.59 Å². The molecule has 2 aliphatic rings. The number of nitrogens with one attached hydrogen (secondary N) is 2. The number of hydrogen-bond acceptors (Lipinski definition) is 8. The van der Waals surface area contributed by atoms with Gasteiger partial charge in [0.25, 0.3) is 0 Å². The summed E-state index contributed by atoms with van der Waals surface area (Å²) in [4.78, 5) is 37.5. The molecule has 0 bridgehead atoms. The van der Waals surface area contributed by atoms with Crippen LogP contribution in [0.5, 0.6) is 0 Å². The summed E-state index contributed by atoms with van der Waals surface area (Å²) < 4.78 is 5.30. The number of aromatic nitrogens is 2. The monoisotopic (exact) mass is 515 g/mol. The zero-order chi connectivity index (χ0) is 26.5. The molecule has 2 aliphatic heterocycles. The van der Waals surface area contributed by atoms with Crippen molar-refractivity contribution >= 4 is 34.8 Å². The van der Waals surface area contributed by atoms with E-state index in [0.29, 0.717) is 32.3 Å². The predicted molar refractivity (Wildman–Crippen MR) is 147 cm³/mol. The second-order valence-corrected chi connectivity index (χ2v) is 9.67. The highest BCUT2D eigenvalue weighted by atomic mass is 16.5. The Kier molecular flexibility index (Phi) is 7.81. The van der Waals surface area contributed by atoms with Gasteiger partial charge in [-0.05, 0) is 55.8 Å². The van der Waals surface area contributed by atoms with Crippen molar-refractivity contribution in [2.45, 2.75) is 19.4 Å². The van der Waals surface area contributed by atoms with E-state index < -0.39 is 6.04 Å². The summed E-state index contributed by atoms with van der Waals surface area (Å²) in [6.07, 6.45) is 2.48. The Morgan fingerprint density at radius 2 is 1.71 bits per heavy atom. The molecule has 198 valence electrons. The highest BCUT2D eigenvalue weighted by Crippen LogP contribution is 2.24. The van der Waals surface area contributed by atoms with Crippen LogP contribution in [0.3, 0.4) is 0 Å². The summed E-state index contributed by atoms with van der Waals surface area (Å²) >= 11 is 0. The van der Waals surface area contributed by atoms with Crippen LogP contribution in [0.15, 0.2) is 60.8 Å². The fourth-order valence-corrected chi connectivity index (χ4v) is 4.65. The highest BCUT2D eigenvalue weighted by Gasteiger charge is 2.24. The first-order chi connectivity index (χ1) is 18.5. The van der Waals surface area contributed by atoms with E-state index in [-0.39, 0.29) is 17.7 Å². The molecule has 10 heteroatoms. The first-order valence-electron chi connectivity index (χ1n) is 12.9. The first kappa shape index (κ1) is 25.6. The minimum Gasteiger partial charge on any atom is -0.381 e. The van der Waals surface area contributed by atoms with Crippen molar-refractivity contribution in [3.05, 3.63) is 60.8 Å². The highest BCUT2D eigenvalue weighted by molar-refractivity contribution is 5.93. The molecule has 5 rings (SSSR count). The third-order valence-corrected chi connectivity index (χ3v) is 6.87. The van der Waals surface area contributed by atoms with Crippen molar-refractivity contribution < 1.29 is 14.3 Å². The van der Waals surface area contributed by atoms with E-state index >= 15 is 0 Å². The lowest BCUT2D eigenvalue weighted by Crippen LogP contribution is -2.52. The molecule has 4 N–H and O–H groups in total. The maximum absolute atomic E-state index is 12.3. The summed E-state index contributed by atoms with van der Waals surface area (Å²) in [5, 5.41) is 6.23. The average Bonchev–Trinajstić information content (AvgIpc) is 3.49. The lowest BCUT2D eigenvalue weighted by molar-refractivity contribution is -0.132. The Bertz CT molecular complexity index is 1250. The summed E-state index contributed by atoms with van der Waals surface area (Å²) in [5.74, 6) is 0.412. The van der Waals surface area contributed by atoms with Crippen molar-refractivity contribution in [1.29, 1.82) is 0 Å². The minimum absolute atomic E-state index is 0.00370. The van der Waals surface area contributed by atoms with E-state index in [1.807, 2.05) is 47.4 Å². The molecule has 2 amide bonds. The molecule has 0 spiro atoms. The van der Waals surface area contributed by atoms with Gasteiger partial charge >= 0.3 is 0 Å². The minimum atomic E-state index is -0.461. The summed E-state index contributed by atoms with van der Waals surface area (Å²) in [7, 11) is 0. The van der Waals surface area contributed by atoms with Gasteiger partial charge in [-0.1, -0.05) is 12.1 Å². The molecule has 0 saturated carbocycles. The van der Waals surface area contributed by atoms with Gasteiger partial charge in [-0.15, -0.1) is 0 Å². The Labute approximate surface area is 222 Å². The van der Waals surface area contributed by atoms with Crippen LogP contribution >= 0.6 is 0 Å². The van der Waals surface area contributed by atoms with Crippen LogP contribution in [0, 0.1) is 5.92 Å². The maximum Gasteiger partial charge on any atom is 0.239 e. The van der Waals surface area contributed by atoms with E-state index in [0.717, 1.165) is 47.8 Å². The second kappa shape index (κ2) is 11.6. The molecule has 2 saturated heterocycles. The van der Waals surface area contributed by atoms with E-state index in [4.69, 9.17) is 10.5 Å². The standard InChI is InChI=1S/C28H33N7O3/c1-19(29)27(37)35-15-13-34(14-16-35)24-8-6-23(7-9-24)32-28-30-12-10-25(33-28)20-2-4-22(5-3-20)31-26(36)21-11-17-38-18-21/h2-10,12,19,21H,11,13-18,29H2,1H3,(H,31,36)(H,30,32,33)/t19-,21?/m0/s1. The fraction of sp³-hybridized carbons (Fsp3) is 0.357. The first-order valence-corrected chi connectivity index (χ1v) is 12.9. The Balaban J connectivity index is 1.17. The van der Waals surface area contributed by atoms with Crippen molar-refractivity contribution in [2.24, 2.45) is 11.7 Å². The SMILES string of the molecule is C[C@H](N)C(=O)N1CCN(c2ccc(Nc3nccc(-c4ccc(NC(=O)C5CCOC5)cc4)n3)cc2)CC1. The number of nitrogens with zero attached hydrogens (tertiary/aromatic N) is 4. The van der Waals surface area contributed by atoms with Crippen molar-refractivity contribution in [2.75, 3.05) is 54.9 Å². The zero-order valence-corrected chi connectivity index (χ0v) is 21.5. The number of carbonyl (C=O) groups excluding carboxylic acids is 2. The lowest BCUT2D eigenvalue weighted by Gasteiger charge is -2.36. The molecule has 10 nitrogen and oxygen atoms in total. The number of benzene rings is 2. The Hall–Kier alpha value is -4.02. The third kappa shape index (κ3) is 6.09. The fourth-order valence-electron chi connectivity index (χ4n) is 4.65. The van der Waals surface area contributed by atoms with Gasteiger partial charge in [0.1, 0.15) is 0 Å². The van der Waals surface area contributed by atoms with E-state index in [1.54, 1.807) is 13.1 Å². The normalized spacial score (nSPS) is 18.2. The van der Waals surface area contributed by atoms with Crippen LogP contribution in [0.25, 0.3) is 11.3 Å². The van der Waals surface area contributed by atoms with Crippen molar-refractivity contribution in [1.82, 2.24) is 14.9 Å². The third-order valence-electron chi connectivity index (χ3n) is 6.87. The summed E-state index contributed by atoms with van der Waals surface area (Å²) in [5.41, 5.74) is 10.2. The van der Waals surface area contributed by atoms with Crippen LogP contribution in [-0.2, 0) is 14.3 Å². The maximum atomic E-state index is 12.3. The molecular weight excluding hydrogens is 482 g/mol. The number of nitrogens with two attached hydrogens (primary N) is 1. The van der Waals surface area contributed by atoms with Crippen LogP contribution in [0.1, 0.15) is 13.3 Å². The number of piperazine rings is 1. The quantitative estimate of drug-likeness (QED) is 0.439. The number of carbonyl (C=O) groups is 2. The van der Waals surface area contributed by atoms with Gasteiger partial charge in [0.05, 0.1) is 24.3 Å². The number of ether oxygens (including phenoxy) is 1. The average molecular weight is 516 g/mol. The van der Waals surface area contributed by atoms with Crippen molar-refractivity contribution in [3.8, 4) is 11.3 Å². The van der Waals surface area contributed by atoms with E-state index in [2.05, 4.69) is 37.6 Å². The van der Waals surface area contributed by atoms with Crippen LogP contribution in [0.4, 0.5) is 23.0 Å². The Morgan fingerprint density at radius 1 is 1.00 bits per heavy atom. The number of rotatable bonds is 7. The molecule has 2 fully saturated rings. The van der Waals surface area contributed by atoms with Crippen molar-refractivity contribution in [3.63, 3.8) is 0 Å². The number of anilines is 4. The topological polar surface area (TPSA) is 126 Å². The second-order valence-electron chi connectivity index (χ2n) is 9.67. The lowest BCUT2D eigenvalue weighted by atomic mass is 10.1. The molecule has 1 unspecified atom stereocenters. The van der Waals surface area contributed by atoms with Crippen LogP contribution < -0.4 is 21.3 Å². The molecule has 3 aromatic rings. The van der Waals surface area contributed by atoms with Crippen LogP contribution in [0.2, 0.25) is 0 Å². The molecule has 1 aromatic heterocycles. The molecular formula is C28H33N7O3. The smallest absolute Gasteiger partial charge is 0.239 e. The molecule has 2 atom stereocenters. The van der Waals surface area contributed by atoms with Gasteiger partial charge in [-0.25, -0.2) is 9.97 Å². The molecule has 0 aliphatic carbocycles. The zero-order valence-electron chi connectivity index (χ0n) is 21.5. The van der Waals surface area contributed by atoms with Crippen LogP contribution in [-0.4, -0.2) is 72.1 Å². The summed E-state index contributed by atoms with van der Waals surface area (Å²) in [6, 6.07) is 17.1. The van der Waals surface area contributed by atoms with Gasteiger partial charge in [0.2, 0.25) is 17.8 Å². The van der Waals surface area contributed by atoms with Gasteiger partial charge in [-0.2, -0.15) is 0 Å². The molecule has 0 radical (unpaired) electrons. The van der Waals surface area contributed by atoms with Gasteiger partial charge in [-0.3, -0.25) is 9.59 Å². The van der Waals surface area contributed by atoms with Gasteiger partial charge in [0, 0.05) is 61.6 Å². The number of amides is 2. The molecule has 3 heterocycles. The number of hydrogen-bond donors (Lipinski definition) is 3. The molecule has 2 aromatic carbocycles. The van der Waals surface area contributed by atoms with Gasteiger partial charge in [0.15, 0.2) is 0 Å². The van der Waals surface area contributed by atoms with E-state index in [1.165, 1.54) is 0 Å². The summed E-state index contributed by atoms with van der Waals surface area (Å²) in [6.45, 7) is 5.73. The molecule has 38 heavy (non-hydrogen) atoms. The largest absolute Gasteiger partial charge is 0.381 e. The van der Waals surface area contributed by atoms with Gasteiger partial charge < -0.3 is 30.9 Å².